The van der Waals surface area contributed by atoms with Gasteiger partial charge in [0.15, 0.2) is 0 Å². The van der Waals surface area contributed by atoms with E-state index in [9.17, 15) is 0 Å². The molecule has 0 aliphatic carbocycles. The molecule has 2 aromatic carbocycles. The van der Waals surface area contributed by atoms with Gasteiger partial charge in [-0.2, -0.15) is 0 Å². The number of hydrogen-bond donors (Lipinski definition) is 0. The third kappa shape index (κ3) is 12.4. The molecular weight excluding hydrogens is 748 g/mol. The van der Waals surface area contributed by atoms with Crippen molar-refractivity contribution in [2.24, 2.45) is 9.98 Å². The first-order valence-electron chi connectivity index (χ1n) is 14.4. The predicted octanol–water partition coefficient (Wildman–Crippen LogP) is 11.8. The molecule has 4 aromatic rings. The molecule has 0 aliphatic heterocycles. The van der Waals surface area contributed by atoms with Gasteiger partial charge in [0, 0.05) is 45.4 Å². The SMILES string of the molecule is CC(C)c1cc(-c2cc(C(C)C)c(N=Cc3ccccn3)c(C(C)C)c2)cc(C(C)C)c1N=Cc1ccccn1.Cl.Cl.Cl.Cl.[Ni].[Ni]. The number of halogens is 4. The van der Waals surface area contributed by atoms with Crippen LogP contribution in [0.1, 0.15) is 113 Å². The standard InChI is InChI=1S/C36H42N4.4ClH.2Ni/c1-23(2)31-17-27(18-32(24(3)4)35(31)39-21-29-13-9-11-15-37-29)28-19-33(25(5)6)36(34(20-28)26(7)8)40-22-30-14-10-12-16-38-30;;;;;;/h9-26H,1-8H3;4*1H;;. The van der Waals surface area contributed by atoms with E-state index in [1.165, 1.54) is 33.4 Å². The van der Waals surface area contributed by atoms with Gasteiger partial charge in [-0.25, -0.2) is 0 Å². The van der Waals surface area contributed by atoms with Gasteiger partial charge in [0.05, 0.1) is 35.2 Å². The Balaban J connectivity index is -0.00000308. The van der Waals surface area contributed by atoms with E-state index in [2.05, 4.69) is 89.6 Å². The van der Waals surface area contributed by atoms with Crippen LogP contribution in [-0.2, 0) is 33.0 Å². The second-order valence-electron chi connectivity index (χ2n) is 11.7. The van der Waals surface area contributed by atoms with Crippen LogP contribution in [-0.4, -0.2) is 22.4 Å². The molecule has 0 fully saturated rings. The fraction of sp³-hybridized carbons (Fsp3) is 0.333. The predicted molar refractivity (Wildman–Crippen MR) is 200 cm³/mol. The first-order chi connectivity index (χ1) is 19.2. The van der Waals surface area contributed by atoms with E-state index in [4.69, 9.17) is 9.98 Å². The van der Waals surface area contributed by atoms with Gasteiger partial charge in [-0.05, 0) is 106 Å². The second-order valence-corrected chi connectivity index (χ2v) is 11.7. The number of nitrogens with zero attached hydrogens (tertiary/aromatic N) is 4. The number of hydrogen-bond acceptors (Lipinski definition) is 4. The van der Waals surface area contributed by atoms with Crippen molar-refractivity contribution in [1.29, 1.82) is 0 Å². The molecule has 0 atom stereocenters. The summed E-state index contributed by atoms with van der Waals surface area (Å²) in [5.41, 5.74) is 11.3. The fourth-order valence-electron chi connectivity index (χ4n) is 4.92. The summed E-state index contributed by atoms with van der Waals surface area (Å²) in [6.45, 7) is 18.0. The average Bonchev–Trinajstić information content (AvgIpc) is 2.95. The monoisotopic (exact) mass is 790 g/mol. The van der Waals surface area contributed by atoms with E-state index in [1.807, 2.05) is 48.8 Å². The Bertz CT molecular complexity index is 1340. The fourth-order valence-corrected chi connectivity index (χ4v) is 4.92. The van der Waals surface area contributed by atoms with Crippen LogP contribution in [0.15, 0.2) is 83.0 Å². The van der Waals surface area contributed by atoms with Gasteiger partial charge >= 0.3 is 0 Å². The Kier molecular flexibility index (Phi) is 24.0. The van der Waals surface area contributed by atoms with E-state index < -0.39 is 0 Å². The Morgan fingerprint density at radius 3 is 0.978 bits per heavy atom. The molecule has 2 aromatic heterocycles. The van der Waals surface area contributed by atoms with Crippen LogP contribution in [0.25, 0.3) is 11.1 Å². The van der Waals surface area contributed by atoms with E-state index in [-0.39, 0.29) is 82.6 Å². The van der Waals surface area contributed by atoms with Gasteiger partial charge in [-0.3, -0.25) is 20.0 Å². The normalized spacial score (nSPS) is 10.6. The number of rotatable bonds is 9. The van der Waals surface area contributed by atoms with Gasteiger partial charge in [0.1, 0.15) is 0 Å². The zero-order valence-corrected chi connectivity index (χ0v) is 32.7. The average molecular weight is 794 g/mol. The Hall–Kier alpha value is -1.77. The smallest absolute Gasteiger partial charge is 0.0812 e. The van der Waals surface area contributed by atoms with Crippen LogP contribution < -0.4 is 0 Å². The number of aromatic nitrogens is 2. The van der Waals surface area contributed by atoms with Crippen LogP contribution in [0.3, 0.4) is 0 Å². The third-order valence-corrected chi connectivity index (χ3v) is 7.19. The molecule has 0 unspecified atom stereocenters. The third-order valence-electron chi connectivity index (χ3n) is 7.19. The number of pyridine rings is 2. The van der Waals surface area contributed by atoms with Gasteiger partial charge < -0.3 is 0 Å². The van der Waals surface area contributed by atoms with E-state index in [0.717, 1.165) is 22.8 Å². The second kappa shape index (κ2) is 22.7. The van der Waals surface area contributed by atoms with Crippen LogP contribution in [0.5, 0.6) is 0 Å². The zero-order valence-electron chi connectivity index (χ0n) is 27.4. The maximum atomic E-state index is 5.00. The molecule has 0 radical (unpaired) electrons. The summed E-state index contributed by atoms with van der Waals surface area (Å²) in [4.78, 5) is 18.9. The summed E-state index contributed by atoms with van der Waals surface area (Å²) in [6, 6.07) is 21.2. The molecule has 0 spiro atoms. The minimum atomic E-state index is 0. The Morgan fingerprint density at radius 2 is 0.761 bits per heavy atom. The quantitative estimate of drug-likeness (QED) is 0.125. The van der Waals surface area contributed by atoms with Crippen molar-refractivity contribution in [3.8, 4) is 11.1 Å². The van der Waals surface area contributed by atoms with E-state index in [0.29, 0.717) is 23.7 Å². The maximum absolute atomic E-state index is 5.00. The summed E-state index contributed by atoms with van der Waals surface area (Å²) in [6.07, 6.45) is 7.38. The molecule has 0 amide bonds. The van der Waals surface area contributed by atoms with Gasteiger partial charge in [-0.1, -0.05) is 67.5 Å². The van der Waals surface area contributed by atoms with Crippen molar-refractivity contribution in [2.75, 3.05) is 0 Å². The van der Waals surface area contributed by atoms with Crippen molar-refractivity contribution in [1.82, 2.24) is 9.97 Å². The van der Waals surface area contributed by atoms with Crippen molar-refractivity contribution < 1.29 is 33.0 Å². The van der Waals surface area contributed by atoms with Gasteiger partial charge in [0.2, 0.25) is 0 Å². The maximum Gasteiger partial charge on any atom is 0.0812 e. The van der Waals surface area contributed by atoms with Crippen LogP contribution in [0, 0.1) is 0 Å². The molecule has 0 aliphatic rings. The molecule has 0 N–H and O–H groups in total. The van der Waals surface area contributed by atoms with Crippen LogP contribution in [0.2, 0.25) is 0 Å². The number of benzene rings is 2. The largest absolute Gasteiger partial charge is 0.255 e. The Labute approximate surface area is 321 Å². The van der Waals surface area contributed by atoms with Crippen LogP contribution in [0.4, 0.5) is 11.4 Å². The summed E-state index contributed by atoms with van der Waals surface area (Å²) in [5.74, 6) is 1.30. The van der Waals surface area contributed by atoms with E-state index in [1.54, 1.807) is 12.4 Å². The summed E-state index contributed by atoms with van der Waals surface area (Å²) in [5, 5.41) is 0. The molecule has 4 nitrogen and oxygen atoms in total. The summed E-state index contributed by atoms with van der Waals surface area (Å²) >= 11 is 0. The number of aliphatic imine (C=N–C) groups is 2. The zero-order chi connectivity index (χ0) is 28.8. The minimum Gasteiger partial charge on any atom is -0.255 e. The minimum absolute atomic E-state index is 0. The van der Waals surface area contributed by atoms with Crippen molar-refractivity contribution in [3.63, 3.8) is 0 Å². The topological polar surface area (TPSA) is 50.5 Å². The molecule has 46 heavy (non-hydrogen) atoms. The summed E-state index contributed by atoms with van der Waals surface area (Å²) < 4.78 is 0. The molecular formula is C36H46Cl4N4Ni2. The van der Waals surface area contributed by atoms with E-state index >= 15 is 0 Å². The van der Waals surface area contributed by atoms with Crippen molar-refractivity contribution in [3.05, 3.63) is 107 Å². The van der Waals surface area contributed by atoms with Gasteiger partial charge in [-0.15, -0.1) is 49.6 Å². The molecule has 0 saturated carbocycles. The first-order valence-corrected chi connectivity index (χ1v) is 14.4. The Morgan fingerprint density at radius 1 is 0.478 bits per heavy atom. The molecule has 10 heteroatoms. The summed E-state index contributed by atoms with van der Waals surface area (Å²) in [7, 11) is 0. The van der Waals surface area contributed by atoms with Gasteiger partial charge in [0.25, 0.3) is 0 Å². The van der Waals surface area contributed by atoms with Crippen LogP contribution >= 0.6 is 49.6 Å². The van der Waals surface area contributed by atoms with Crippen molar-refractivity contribution >= 4 is 73.4 Å². The molecule has 4 rings (SSSR count). The molecule has 0 saturated heterocycles. The van der Waals surface area contributed by atoms with Crippen molar-refractivity contribution in [2.45, 2.75) is 79.1 Å². The molecule has 258 valence electrons. The molecule has 0 bridgehead atoms. The first kappa shape index (κ1) is 48.6. The molecule has 2 heterocycles.